The Morgan fingerprint density at radius 2 is 1.95 bits per heavy atom. The largest absolute Gasteiger partial charge is 0.452 e. The van der Waals surface area contributed by atoms with E-state index in [1.165, 1.54) is 0 Å². The summed E-state index contributed by atoms with van der Waals surface area (Å²) < 4.78 is 6.47. The van der Waals surface area contributed by atoms with Crippen molar-refractivity contribution in [3.63, 3.8) is 0 Å². The van der Waals surface area contributed by atoms with Crippen LogP contribution < -0.4 is 5.32 Å². The van der Waals surface area contributed by atoms with E-state index in [2.05, 4.69) is 5.32 Å². The van der Waals surface area contributed by atoms with E-state index in [0.717, 1.165) is 5.56 Å². The third-order valence-corrected chi connectivity index (χ3v) is 3.02. The fourth-order valence-electron chi connectivity index (χ4n) is 1.91. The summed E-state index contributed by atoms with van der Waals surface area (Å²) in [5.41, 5.74) is 1.62. The van der Waals surface area contributed by atoms with E-state index >= 15 is 0 Å². The lowest BCUT2D eigenvalue weighted by molar-refractivity contribution is -0.123. The molecule has 0 aliphatic rings. The van der Waals surface area contributed by atoms with Crippen LogP contribution in [0, 0.1) is 6.92 Å². The maximum atomic E-state index is 11.8. The number of benzene rings is 1. The van der Waals surface area contributed by atoms with Gasteiger partial charge in [0.1, 0.15) is 5.69 Å². The molecule has 2 amide bonds. The molecule has 0 spiro atoms. The number of rotatable bonds is 4. The van der Waals surface area contributed by atoms with Gasteiger partial charge >= 0.3 is 5.97 Å². The Labute approximate surface area is 127 Å². The lowest BCUT2D eigenvalue weighted by Gasteiger charge is -2.07. The van der Waals surface area contributed by atoms with Crippen molar-refractivity contribution >= 4 is 17.8 Å². The van der Waals surface area contributed by atoms with E-state index in [0.29, 0.717) is 11.3 Å². The van der Waals surface area contributed by atoms with E-state index in [-0.39, 0.29) is 0 Å². The zero-order chi connectivity index (χ0) is 16.1. The van der Waals surface area contributed by atoms with Crippen LogP contribution in [0.4, 0.5) is 0 Å². The monoisotopic (exact) mass is 300 g/mol. The first-order valence-electron chi connectivity index (χ1n) is 6.66. The molecule has 1 N–H and O–H groups in total. The molecule has 2 aromatic rings. The lowest BCUT2D eigenvalue weighted by Crippen LogP contribution is -2.35. The Hall–Kier alpha value is -2.89. The summed E-state index contributed by atoms with van der Waals surface area (Å²) in [6, 6.07) is 10.1. The first-order chi connectivity index (χ1) is 10.5. The second-order valence-electron chi connectivity index (χ2n) is 4.83. The van der Waals surface area contributed by atoms with Gasteiger partial charge in [-0.2, -0.15) is 0 Å². The highest BCUT2D eigenvalue weighted by Crippen LogP contribution is 2.05. The predicted octanol–water partition coefficient (Wildman–Crippen LogP) is 1.45. The maximum absolute atomic E-state index is 11.8. The van der Waals surface area contributed by atoms with Gasteiger partial charge in [-0.15, -0.1) is 0 Å². The smallest absolute Gasteiger partial charge is 0.338 e. The Balaban J connectivity index is 1.87. The van der Waals surface area contributed by atoms with E-state index in [1.54, 1.807) is 48.1 Å². The van der Waals surface area contributed by atoms with E-state index < -0.39 is 24.4 Å². The number of amides is 2. The van der Waals surface area contributed by atoms with Gasteiger partial charge < -0.3 is 9.30 Å². The van der Waals surface area contributed by atoms with Crippen molar-refractivity contribution in [1.82, 2.24) is 9.88 Å². The minimum absolute atomic E-state index is 0.346. The second-order valence-corrected chi connectivity index (χ2v) is 4.83. The molecule has 0 atom stereocenters. The van der Waals surface area contributed by atoms with E-state index in [4.69, 9.17) is 4.74 Å². The number of nitrogens with zero attached hydrogens (tertiary/aromatic N) is 1. The molecule has 0 bridgehead atoms. The zero-order valence-electron chi connectivity index (χ0n) is 12.3. The summed E-state index contributed by atoms with van der Waals surface area (Å²) >= 11 is 0. The highest BCUT2D eigenvalue weighted by atomic mass is 16.5. The first-order valence-corrected chi connectivity index (χ1v) is 6.66. The third-order valence-electron chi connectivity index (χ3n) is 3.02. The van der Waals surface area contributed by atoms with Gasteiger partial charge in [0.2, 0.25) is 0 Å². The van der Waals surface area contributed by atoms with E-state index in [9.17, 15) is 14.4 Å². The number of esters is 1. The van der Waals surface area contributed by atoms with Crippen molar-refractivity contribution in [2.24, 2.45) is 7.05 Å². The number of imide groups is 1. The predicted molar refractivity (Wildman–Crippen MR) is 79.3 cm³/mol. The number of ether oxygens (including phenoxy) is 1. The van der Waals surface area contributed by atoms with Gasteiger partial charge in [-0.25, -0.2) is 4.79 Å². The van der Waals surface area contributed by atoms with Crippen molar-refractivity contribution in [1.29, 1.82) is 0 Å². The van der Waals surface area contributed by atoms with Crippen LogP contribution in [0.1, 0.15) is 26.4 Å². The summed E-state index contributed by atoms with van der Waals surface area (Å²) in [4.78, 5) is 35.2. The Morgan fingerprint density at radius 3 is 2.59 bits per heavy atom. The van der Waals surface area contributed by atoms with Crippen molar-refractivity contribution in [2.45, 2.75) is 6.92 Å². The number of carbonyl (C=O) groups excluding carboxylic acids is 3. The number of aryl methyl sites for hydroxylation is 2. The highest BCUT2D eigenvalue weighted by Gasteiger charge is 2.15. The lowest BCUT2D eigenvalue weighted by atomic mass is 10.1. The molecule has 0 aliphatic carbocycles. The molecule has 1 heterocycles. The topological polar surface area (TPSA) is 77.4 Å². The zero-order valence-corrected chi connectivity index (χ0v) is 12.3. The minimum Gasteiger partial charge on any atom is -0.452 e. The number of aromatic nitrogens is 1. The number of hydrogen-bond acceptors (Lipinski definition) is 4. The summed E-state index contributed by atoms with van der Waals surface area (Å²) in [6.45, 7) is 1.34. The molecule has 0 saturated carbocycles. The molecule has 6 nitrogen and oxygen atoms in total. The quantitative estimate of drug-likeness (QED) is 0.867. The van der Waals surface area contributed by atoms with Gasteiger partial charge in [0.25, 0.3) is 11.8 Å². The van der Waals surface area contributed by atoms with Crippen LogP contribution in [0.2, 0.25) is 0 Å². The van der Waals surface area contributed by atoms with Gasteiger partial charge in [-0.1, -0.05) is 17.7 Å². The average molecular weight is 300 g/mol. The van der Waals surface area contributed by atoms with Crippen molar-refractivity contribution in [3.05, 3.63) is 59.4 Å². The highest BCUT2D eigenvalue weighted by molar-refractivity contribution is 6.04. The van der Waals surface area contributed by atoms with Gasteiger partial charge in [0.15, 0.2) is 6.61 Å². The molecule has 22 heavy (non-hydrogen) atoms. The molecule has 0 fully saturated rings. The molecule has 0 unspecified atom stereocenters. The maximum Gasteiger partial charge on any atom is 0.338 e. The summed E-state index contributed by atoms with van der Waals surface area (Å²) in [6.07, 6.45) is 1.69. The van der Waals surface area contributed by atoms with Crippen LogP contribution in [0.25, 0.3) is 0 Å². The fourth-order valence-corrected chi connectivity index (χ4v) is 1.91. The van der Waals surface area contributed by atoms with Crippen molar-refractivity contribution in [2.75, 3.05) is 6.61 Å². The number of hydrogen-bond donors (Lipinski definition) is 1. The van der Waals surface area contributed by atoms with Gasteiger partial charge in [-0.05, 0) is 31.2 Å². The molecule has 0 aliphatic heterocycles. The first kappa shape index (κ1) is 15.5. The van der Waals surface area contributed by atoms with Crippen LogP contribution in [-0.4, -0.2) is 29.0 Å². The molecular weight excluding hydrogens is 284 g/mol. The van der Waals surface area contributed by atoms with Crippen LogP contribution >= 0.6 is 0 Å². The normalized spacial score (nSPS) is 10.1. The van der Waals surface area contributed by atoms with E-state index in [1.807, 2.05) is 13.0 Å². The molecule has 1 aromatic heterocycles. The molecule has 114 valence electrons. The summed E-state index contributed by atoms with van der Waals surface area (Å²) in [5.74, 6) is -1.82. The Bertz CT molecular complexity index is 718. The van der Waals surface area contributed by atoms with Crippen molar-refractivity contribution in [3.8, 4) is 0 Å². The second kappa shape index (κ2) is 6.71. The van der Waals surface area contributed by atoms with Gasteiger partial charge in [0, 0.05) is 13.2 Å². The van der Waals surface area contributed by atoms with Gasteiger partial charge in [0.05, 0.1) is 5.56 Å². The SMILES string of the molecule is Cc1cccc(C(=O)OCC(=O)NC(=O)c2cccn2C)c1. The summed E-state index contributed by atoms with van der Waals surface area (Å²) in [5, 5.41) is 2.17. The molecule has 0 radical (unpaired) electrons. The average Bonchev–Trinajstić information content (AvgIpc) is 2.91. The van der Waals surface area contributed by atoms with Crippen LogP contribution in [0.15, 0.2) is 42.6 Å². The fraction of sp³-hybridized carbons (Fsp3) is 0.188. The third kappa shape index (κ3) is 3.82. The number of carbonyl (C=O) groups is 3. The molecule has 0 saturated heterocycles. The summed E-state index contributed by atoms with van der Waals surface area (Å²) in [7, 11) is 1.69. The van der Waals surface area contributed by atoms with Crippen LogP contribution in [0.3, 0.4) is 0 Å². The number of nitrogens with one attached hydrogen (secondary N) is 1. The molecular formula is C16H16N2O4. The van der Waals surface area contributed by atoms with Crippen LogP contribution in [0.5, 0.6) is 0 Å². The Morgan fingerprint density at radius 1 is 1.18 bits per heavy atom. The molecule has 1 aromatic carbocycles. The Kier molecular flexibility index (Phi) is 4.73. The standard InChI is InChI=1S/C16H16N2O4/c1-11-5-3-6-12(9-11)16(21)22-10-14(19)17-15(20)13-7-4-8-18(13)2/h3-9H,10H2,1-2H3,(H,17,19,20). The molecule has 2 rings (SSSR count). The minimum atomic E-state index is -0.674. The van der Waals surface area contributed by atoms with Gasteiger partial charge in [-0.3, -0.25) is 14.9 Å². The van der Waals surface area contributed by atoms with Crippen molar-refractivity contribution < 1.29 is 19.1 Å². The van der Waals surface area contributed by atoms with Crippen LogP contribution in [-0.2, 0) is 16.6 Å². The molecule has 6 heteroatoms.